The number of halogens is 2. The Bertz CT molecular complexity index is 632. The van der Waals surface area contributed by atoms with Gasteiger partial charge in [-0.25, -0.2) is 4.39 Å². The number of rotatable bonds is 4. The molecule has 0 aliphatic heterocycles. The van der Waals surface area contributed by atoms with E-state index in [9.17, 15) is 4.39 Å². The highest BCUT2D eigenvalue weighted by Gasteiger charge is 2.09. The Balaban J connectivity index is 2.09. The van der Waals surface area contributed by atoms with Gasteiger partial charge in [0.1, 0.15) is 11.9 Å². The maximum absolute atomic E-state index is 12.8. The second-order valence-corrected chi connectivity index (χ2v) is 5.06. The first-order chi connectivity index (χ1) is 9.60. The van der Waals surface area contributed by atoms with Crippen LogP contribution >= 0.6 is 11.6 Å². The van der Waals surface area contributed by atoms with Gasteiger partial charge in [0.2, 0.25) is 0 Å². The summed E-state index contributed by atoms with van der Waals surface area (Å²) in [5, 5.41) is 12.8. The van der Waals surface area contributed by atoms with Crippen molar-refractivity contribution in [3.63, 3.8) is 0 Å². The normalized spacial score (nSPS) is 11.7. The van der Waals surface area contributed by atoms with Gasteiger partial charge in [0.05, 0.1) is 16.3 Å². The molecule has 1 atom stereocenters. The van der Waals surface area contributed by atoms with Crippen molar-refractivity contribution in [2.45, 2.75) is 19.4 Å². The first kappa shape index (κ1) is 14.4. The van der Waals surface area contributed by atoms with Gasteiger partial charge in [-0.15, -0.1) is 0 Å². The van der Waals surface area contributed by atoms with Crippen LogP contribution in [0, 0.1) is 17.1 Å². The lowest BCUT2D eigenvalue weighted by Gasteiger charge is -2.16. The molecule has 4 heteroatoms. The Morgan fingerprint density at radius 1 is 1.25 bits per heavy atom. The zero-order valence-electron chi connectivity index (χ0n) is 11.0. The van der Waals surface area contributed by atoms with Crippen LogP contribution in [0.15, 0.2) is 42.5 Å². The minimum atomic E-state index is -0.240. The predicted molar refractivity (Wildman–Crippen MR) is 79.4 cm³/mol. The van der Waals surface area contributed by atoms with E-state index in [0.717, 1.165) is 17.7 Å². The molecule has 0 fully saturated rings. The molecule has 2 aromatic rings. The Labute approximate surface area is 122 Å². The smallest absolute Gasteiger partial charge is 0.123 e. The molecule has 0 aliphatic carbocycles. The highest BCUT2D eigenvalue weighted by molar-refractivity contribution is 6.32. The van der Waals surface area contributed by atoms with Crippen molar-refractivity contribution in [3.8, 4) is 6.07 Å². The van der Waals surface area contributed by atoms with Gasteiger partial charge in [0.15, 0.2) is 0 Å². The third-order valence-corrected chi connectivity index (χ3v) is 3.30. The summed E-state index contributed by atoms with van der Waals surface area (Å²) in [6.45, 7) is 2.01. The first-order valence-electron chi connectivity index (χ1n) is 6.29. The van der Waals surface area contributed by atoms with Gasteiger partial charge in [-0.1, -0.05) is 29.8 Å². The van der Waals surface area contributed by atoms with Crippen LogP contribution in [0.3, 0.4) is 0 Å². The Morgan fingerprint density at radius 2 is 1.95 bits per heavy atom. The van der Waals surface area contributed by atoms with E-state index in [1.807, 2.05) is 13.0 Å². The molecule has 0 spiro atoms. The van der Waals surface area contributed by atoms with Crippen LogP contribution in [-0.4, -0.2) is 6.04 Å². The van der Waals surface area contributed by atoms with Gasteiger partial charge >= 0.3 is 0 Å². The third-order valence-electron chi connectivity index (χ3n) is 2.98. The van der Waals surface area contributed by atoms with Crippen LogP contribution in [0.25, 0.3) is 0 Å². The van der Waals surface area contributed by atoms with E-state index in [1.165, 1.54) is 12.1 Å². The van der Waals surface area contributed by atoms with Gasteiger partial charge in [-0.2, -0.15) is 5.26 Å². The van der Waals surface area contributed by atoms with Crippen molar-refractivity contribution in [2.75, 3.05) is 5.32 Å². The number of benzene rings is 2. The minimum absolute atomic E-state index is 0.103. The summed E-state index contributed by atoms with van der Waals surface area (Å²) in [4.78, 5) is 0. The van der Waals surface area contributed by atoms with Gasteiger partial charge in [-0.3, -0.25) is 0 Å². The highest BCUT2D eigenvalue weighted by Crippen LogP contribution is 2.24. The summed E-state index contributed by atoms with van der Waals surface area (Å²) in [5.41, 5.74) is 2.20. The standard InChI is InChI=1S/C16H14ClFN2/c1-11(9-12-5-7-13(18)8-6-12)20-16-4-2-3-15(17)14(16)10-19/h2-8,11,20H,9H2,1H3. The number of hydrogen-bond acceptors (Lipinski definition) is 2. The van der Waals surface area contributed by atoms with Crippen molar-refractivity contribution >= 4 is 17.3 Å². The average molecular weight is 289 g/mol. The van der Waals surface area contributed by atoms with Gasteiger partial charge in [0, 0.05) is 6.04 Å². The minimum Gasteiger partial charge on any atom is -0.381 e. The van der Waals surface area contributed by atoms with Gasteiger partial charge in [-0.05, 0) is 43.2 Å². The summed E-state index contributed by atoms with van der Waals surface area (Å²) in [5.74, 6) is -0.240. The second kappa shape index (κ2) is 6.40. The lowest BCUT2D eigenvalue weighted by atomic mass is 10.1. The molecule has 0 aliphatic rings. The molecule has 0 aromatic heterocycles. The maximum atomic E-state index is 12.8. The molecule has 0 amide bonds. The van der Waals surface area contributed by atoms with Crippen molar-refractivity contribution in [1.29, 1.82) is 5.26 Å². The lowest BCUT2D eigenvalue weighted by Crippen LogP contribution is -2.18. The number of hydrogen-bond donors (Lipinski definition) is 1. The van der Waals surface area contributed by atoms with Crippen LogP contribution in [0.1, 0.15) is 18.1 Å². The maximum Gasteiger partial charge on any atom is 0.123 e. The Kier molecular flexibility index (Phi) is 4.60. The fourth-order valence-corrected chi connectivity index (χ4v) is 2.27. The molecule has 1 unspecified atom stereocenters. The molecule has 0 heterocycles. The van der Waals surface area contributed by atoms with E-state index < -0.39 is 0 Å². The van der Waals surface area contributed by atoms with Crippen LogP contribution < -0.4 is 5.32 Å². The fourth-order valence-electron chi connectivity index (χ4n) is 2.05. The molecule has 0 radical (unpaired) electrons. The number of nitrogens with zero attached hydrogens (tertiary/aromatic N) is 1. The second-order valence-electron chi connectivity index (χ2n) is 4.65. The highest BCUT2D eigenvalue weighted by atomic mass is 35.5. The first-order valence-corrected chi connectivity index (χ1v) is 6.67. The zero-order chi connectivity index (χ0) is 14.5. The van der Waals surface area contributed by atoms with Crippen molar-refractivity contribution in [2.24, 2.45) is 0 Å². The summed E-state index contributed by atoms with van der Waals surface area (Å²) in [7, 11) is 0. The van der Waals surface area contributed by atoms with E-state index in [2.05, 4.69) is 11.4 Å². The van der Waals surface area contributed by atoms with E-state index in [0.29, 0.717) is 10.6 Å². The summed E-state index contributed by atoms with van der Waals surface area (Å²) < 4.78 is 12.8. The molecule has 0 bridgehead atoms. The molecule has 2 nitrogen and oxygen atoms in total. The Morgan fingerprint density at radius 3 is 2.60 bits per heavy atom. The topological polar surface area (TPSA) is 35.8 Å². The van der Waals surface area contributed by atoms with E-state index in [1.54, 1.807) is 24.3 Å². The molecular weight excluding hydrogens is 275 g/mol. The van der Waals surface area contributed by atoms with E-state index in [4.69, 9.17) is 16.9 Å². The Hall–Kier alpha value is -2.05. The van der Waals surface area contributed by atoms with E-state index in [-0.39, 0.29) is 11.9 Å². The molecule has 102 valence electrons. The SMILES string of the molecule is CC(Cc1ccc(F)cc1)Nc1cccc(Cl)c1C#N. The van der Waals surface area contributed by atoms with Gasteiger partial charge < -0.3 is 5.32 Å². The van der Waals surface area contributed by atoms with Crippen molar-refractivity contribution in [3.05, 3.63) is 64.4 Å². The molecule has 20 heavy (non-hydrogen) atoms. The largest absolute Gasteiger partial charge is 0.381 e. The molecule has 1 N–H and O–H groups in total. The molecular formula is C16H14ClFN2. The van der Waals surface area contributed by atoms with Crippen molar-refractivity contribution < 1.29 is 4.39 Å². The lowest BCUT2D eigenvalue weighted by molar-refractivity contribution is 0.626. The summed E-state index contributed by atoms with van der Waals surface area (Å²) in [6.07, 6.45) is 0.734. The van der Waals surface area contributed by atoms with E-state index >= 15 is 0 Å². The number of nitrogens with one attached hydrogen (secondary N) is 1. The molecule has 0 saturated carbocycles. The summed E-state index contributed by atoms with van der Waals surface area (Å²) in [6, 6.07) is 13.9. The number of anilines is 1. The van der Waals surface area contributed by atoms with Crippen LogP contribution in [0.4, 0.5) is 10.1 Å². The van der Waals surface area contributed by atoms with Crippen molar-refractivity contribution in [1.82, 2.24) is 0 Å². The van der Waals surface area contributed by atoms with Crippen LogP contribution in [-0.2, 0) is 6.42 Å². The molecule has 2 aromatic carbocycles. The number of nitriles is 1. The summed E-state index contributed by atoms with van der Waals surface area (Å²) >= 11 is 5.99. The monoisotopic (exact) mass is 288 g/mol. The quantitative estimate of drug-likeness (QED) is 0.905. The van der Waals surface area contributed by atoms with Crippen LogP contribution in [0.2, 0.25) is 5.02 Å². The third kappa shape index (κ3) is 3.49. The van der Waals surface area contributed by atoms with Crippen LogP contribution in [0.5, 0.6) is 0 Å². The predicted octanol–water partition coefficient (Wildman–Crippen LogP) is 4.39. The van der Waals surface area contributed by atoms with Gasteiger partial charge in [0.25, 0.3) is 0 Å². The zero-order valence-corrected chi connectivity index (χ0v) is 11.8. The average Bonchev–Trinajstić information content (AvgIpc) is 2.42. The molecule has 2 rings (SSSR count). The molecule has 0 saturated heterocycles. The fraction of sp³-hybridized carbons (Fsp3) is 0.188.